The maximum Gasteiger partial charge on any atom is 0.323 e. The summed E-state index contributed by atoms with van der Waals surface area (Å²) in [6.45, 7) is 3.98. The Morgan fingerprint density at radius 2 is 2.07 bits per heavy atom. The van der Waals surface area contributed by atoms with E-state index in [1.807, 2.05) is 6.92 Å². The molecule has 0 aliphatic heterocycles. The van der Waals surface area contributed by atoms with Crippen LogP contribution in [0, 0.1) is 0 Å². The molecule has 0 aromatic heterocycles. The number of aliphatic carboxylic acids is 1. The molecule has 2 N–H and O–H groups in total. The van der Waals surface area contributed by atoms with Crippen molar-refractivity contribution in [2.24, 2.45) is 0 Å². The van der Waals surface area contributed by atoms with Crippen LogP contribution in [0.4, 0.5) is 0 Å². The van der Waals surface area contributed by atoms with E-state index in [2.05, 4.69) is 12.2 Å². The fourth-order valence-electron chi connectivity index (χ4n) is 1.82. The summed E-state index contributed by atoms with van der Waals surface area (Å²) < 4.78 is 0. The van der Waals surface area contributed by atoms with Gasteiger partial charge < -0.3 is 5.11 Å². The van der Waals surface area contributed by atoms with Crippen molar-refractivity contribution in [1.82, 2.24) is 5.32 Å². The molecule has 1 saturated carbocycles. The largest absolute Gasteiger partial charge is 0.480 e. The van der Waals surface area contributed by atoms with Crippen molar-refractivity contribution in [2.45, 2.75) is 70.4 Å². The summed E-state index contributed by atoms with van der Waals surface area (Å²) in [6.07, 6.45) is 7.58. The lowest BCUT2D eigenvalue weighted by molar-refractivity contribution is -0.144. The second-order valence-electron chi connectivity index (χ2n) is 4.87. The molecule has 15 heavy (non-hydrogen) atoms. The van der Waals surface area contributed by atoms with Gasteiger partial charge in [-0.05, 0) is 26.2 Å². The van der Waals surface area contributed by atoms with Gasteiger partial charge in [-0.1, -0.05) is 32.6 Å². The summed E-state index contributed by atoms with van der Waals surface area (Å²) in [4.78, 5) is 11.2. The molecule has 88 valence electrons. The lowest BCUT2D eigenvalue weighted by Gasteiger charge is -2.26. The van der Waals surface area contributed by atoms with Gasteiger partial charge in [-0.3, -0.25) is 10.1 Å². The van der Waals surface area contributed by atoms with Gasteiger partial charge >= 0.3 is 5.97 Å². The van der Waals surface area contributed by atoms with Crippen LogP contribution >= 0.6 is 0 Å². The Bertz CT molecular complexity index is 214. The predicted molar refractivity (Wildman–Crippen MR) is 61.0 cm³/mol. The highest BCUT2D eigenvalue weighted by Crippen LogP contribution is 2.25. The molecule has 1 unspecified atom stereocenters. The van der Waals surface area contributed by atoms with E-state index in [0.29, 0.717) is 6.04 Å². The van der Waals surface area contributed by atoms with E-state index in [1.54, 1.807) is 0 Å². The number of hydrogen-bond acceptors (Lipinski definition) is 2. The molecule has 0 saturated heterocycles. The summed E-state index contributed by atoms with van der Waals surface area (Å²) >= 11 is 0. The van der Waals surface area contributed by atoms with Crippen LogP contribution in [0.1, 0.15) is 58.8 Å². The number of hydrogen-bond donors (Lipinski definition) is 2. The quantitative estimate of drug-likeness (QED) is 0.609. The van der Waals surface area contributed by atoms with Crippen LogP contribution in [0.2, 0.25) is 0 Å². The van der Waals surface area contributed by atoms with Crippen molar-refractivity contribution < 1.29 is 9.90 Å². The SMILES string of the molecule is CCCCCCC(C)(NC1CC1)C(=O)O. The van der Waals surface area contributed by atoms with Crippen LogP contribution in [0.15, 0.2) is 0 Å². The van der Waals surface area contributed by atoms with Gasteiger partial charge in [0.1, 0.15) is 5.54 Å². The number of carbonyl (C=O) groups is 1. The van der Waals surface area contributed by atoms with Gasteiger partial charge in [-0.15, -0.1) is 0 Å². The lowest BCUT2D eigenvalue weighted by Crippen LogP contribution is -2.50. The van der Waals surface area contributed by atoms with Crippen LogP contribution in [-0.4, -0.2) is 22.7 Å². The maximum absolute atomic E-state index is 11.2. The van der Waals surface area contributed by atoms with E-state index in [1.165, 1.54) is 12.8 Å². The Labute approximate surface area is 92.3 Å². The molecule has 1 fully saturated rings. The van der Waals surface area contributed by atoms with E-state index >= 15 is 0 Å². The Balaban J connectivity index is 2.31. The van der Waals surface area contributed by atoms with Gasteiger partial charge in [0.25, 0.3) is 0 Å². The van der Waals surface area contributed by atoms with Crippen molar-refractivity contribution in [3.05, 3.63) is 0 Å². The van der Waals surface area contributed by atoms with Crippen molar-refractivity contribution in [3.63, 3.8) is 0 Å². The topological polar surface area (TPSA) is 49.3 Å². The average Bonchev–Trinajstić information content (AvgIpc) is 2.96. The minimum atomic E-state index is -0.703. The number of carboxylic acid groups (broad SMARTS) is 1. The van der Waals surface area contributed by atoms with Gasteiger partial charge in [0.05, 0.1) is 0 Å². The van der Waals surface area contributed by atoms with E-state index in [0.717, 1.165) is 32.1 Å². The Kier molecular flexibility index (Phi) is 4.58. The normalized spacial score (nSPS) is 19.9. The zero-order valence-electron chi connectivity index (χ0n) is 9.88. The first kappa shape index (κ1) is 12.5. The Morgan fingerprint density at radius 1 is 1.40 bits per heavy atom. The molecule has 0 aromatic carbocycles. The van der Waals surface area contributed by atoms with E-state index in [4.69, 9.17) is 0 Å². The summed E-state index contributed by atoms with van der Waals surface area (Å²) in [7, 11) is 0. The van der Waals surface area contributed by atoms with Gasteiger partial charge in [0.15, 0.2) is 0 Å². The maximum atomic E-state index is 11.2. The minimum absolute atomic E-state index is 0.456. The first-order valence-electron chi connectivity index (χ1n) is 6.09. The lowest BCUT2D eigenvalue weighted by atomic mass is 9.94. The van der Waals surface area contributed by atoms with Crippen molar-refractivity contribution >= 4 is 5.97 Å². The Hall–Kier alpha value is -0.570. The van der Waals surface area contributed by atoms with Crippen LogP contribution in [0.25, 0.3) is 0 Å². The average molecular weight is 213 g/mol. The van der Waals surface area contributed by atoms with Crippen molar-refractivity contribution in [1.29, 1.82) is 0 Å². The molecule has 3 heteroatoms. The zero-order chi connectivity index (χ0) is 11.3. The Morgan fingerprint density at radius 3 is 2.53 bits per heavy atom. The molecule has 0 aromatic rings. The van der Waals surface area contributed by atoms with Crippen LogP contribution < -0.4 is 5.32 Å². The van der Waals surface area contributed by atoms with E-state index in [-0.39, 0.29) is 0 Å². The molecule has 0 spiro atoms. The van der Waals surface area contributed by atoms with E-state index in [9.17, 15) is 9.90 Å². The monoisotopic (exact) mass is 213 g/mol. The van der Waals surface area contributed by atoms with Gasteiger partial charge in [-0.25, -0.2) is 0 Å². The van der Waals surface area contributed by atoms with Gasteiger partial charge in [-0.2, -0.15) is 0 Å². The van der Waals surface area contributed by atoms with Crippen molar-refractivity contribution in [3.8, 4) is 0 Å². The number of nitrogens with one attached hydrogen (secondary N) is 1. The third-order valence-corrected chi connectivity index (χ3v) is 3.10. The molecule has 0 bridgehead atoms. The second kappa shape index (κ2) is 5.50. The third-order valence-electron chi connectivity index (χ3n) is 3.10. The van der Waals surface area contributed by atoms with Gasteiger partial charge in [0, 0.05) is 6.04 Å². The highest BCUT2D eigenvalue weighted by atomic mass is 16.4. The van der Waals surface area contributed by atoms with Crippen molar-refractivity contribution in [2.75, 3.05) is 0 Å². The first-order valence-corrected chi connectivity index (χ1v) is 6.09. The van der Waals surface area contributed by atoms with Gasteiger partial charge in [0.2, 0.25) is 0 Å². The molecular weight excluding hydrogens is 190 g/mol. The molecule has 3 nitrogen and oxygen atoms in total. The van der Waals surface area contributed by atoms with Crippen LogP contribution in [0.3, 0.4) is 0 Å². The van der Waals surface area contributed by atoms with Crippen LogP contribution in [-0.2, 0) is 4.79 Å². The molecule has 1 rings (SSSR count). The second-order valence-corrected chi connectivity index (χ2v) is 4.87. The minimum Gasteiger partial charge on any atom is -0.480 e. The fourth-order valence-corrected chi connectivity index (χ4v) is 1.82. The number of rotatable bonds is 8. The molecule has 0 heterocycles. The highest BCUT2D eigenvalue weighted by Gasteiger charge is 2.37. The smallest absolute Gasteiger partial charge is 0.323 e. The molecule has 0 amide bonds. The third kappa shape index (κ3) is 4.20. The summed E-state index contributed by atoms with van der Waals surface area (Å²) in [5.74, 6) is -0.703. The predicted octanol–water partition coefficient (Wildman–Crippen LogP) is 2.55. The molecule has 0 radical (unpaired) electrons. The first-order chi connectivity index (χ1) is 7.08. The summed E-state index contributed by atoms with van der Waals surface area (Å²) in [5.41, 5.74) is -0.699. The van der Waals surface area contributed by atoms with Crippen LogP contribution in [0.5, 0.6) is 0 Å². The highest BCUT2D eigenvalue weighted by molar-refractivity contribution is 5.78. The number of unbranched alkanes of at least 4 members (excludes halogenated alkanes) is 3. The summed E-state index contributed by atoms with van der Waals surface area (Å²) in [5, 5.41) is 12.4. The molecule has 1 aliphatic rings. The summed E-state index contributed by atoms with van der Waals surface area (Å²) in [6, 6.07) is 0.456. The standard InChI is InChI=1S/C12H23NO2/c1-3-4-5-6-9-12(2,11(14)15)13-10-7-8-10/h10,13H,3-9H2,1-2H3,(H,14,15). The van der Waals surface area contributed by atoms with E-state index < -0.39 is 11.5 Å². The molecule has 1 atom stereocenters. The zero-order valence-corrected chi connectivity index (χ0v) is 9.88. The fraction of sp³-hybridized carbons (Fsp3) is 0.917. The molecule has 1 aliphatic carbocycles. The molecular formula is C12H23NO2. The number of carboxylic acids is 1.